The lowest BCUT2D eigenvalue weighted by atomic mass is 10.1. The SMILES string of the molecule is Cc1nccn1CCN1CCN(C(=O)C(C)C)CC1. The summed E-state index contributed by atoms with van der Waals surface area (Å²) in [6.45, 7) is 11.6. The van der Waals surface area contributed by atoms with Gasteiger partial charge < -0.3 is 9.47 Å². The predicted molar refractivity (Wildman–Crippen MR) is 74.8 cm³/mol. The van der Waals surface area contributed by atoms with Crippen molar-refractivity contribution in [1.82, 2.24) is 19.4 Å². The third-order valence-corrected chi connectivity index (χ3v) is 3.76. The molecule has 1 aliphatic rings. The summed E-state index contributed by atoms with van der Waals surface area (Å²) in [4.78, 5) is 20.5. The summed E-state index contributed by atoms with van der Waals surface area (Å²) in [5, 5.41) is 0. The molecule has 2 heterocycles. The molecule has 0 spiro atoms. The predicted octanol–water partition coefficient (Wildman–Crippen LogP) is 0.992. The van der Waals surface area contributed by atoms with E-state index in [0.717, 1.165) is 45.1 Å². The highest BCUT2D eigenvalue weighted by Crippen LogP contribution is 2.07. The van der Waals surface area contributed by atoms with Gasteiger partial charge in [0, 0.05) is 57.6 Å². The summed E-state index contributed by atoms with van der Waals surface area (Å²) in [7, 11) is 0. The Morgan fingerprint density at radius 2 is 1.95 bits per heavy atom. The Hall–Kier alpha value is -1.36. The summed E-state index contributed by atoms with van der Waals surface area (Å²) in [6, 6.07) is 0. The second-order valence-electron chi connectivity index (χ2n) is 5.49. The van der Waals surface area contributed by atoms with Crippen LogP contribution in [0, 0.1) is 12.8 Å². The average Bonchev–Trinajstić information content (AvgIpc) is 2.81. The molecule has 1 amide bonds. The van der Waals surface area contributed by atoms with E-state index in [9.17, 15) is 4.79 Å². The van der Waals surface area contributed by atoms with E-state index in [1.165, 1.54) is 0 Å². The van der Waals surface area contributed by atoms with Gasteiger partial charge in [-0.25, -0.2) is 4.98 Å². The van der Waals surface area contributed by atoms with Crippen molar-refractivity contribution in [3.63, 3.8) is 0 Å². The maximum absolute atomic E-state index is 11.9. The van der Waals surface area contributed by atoms with Crippen LogP contribution in [0.1, 0.15) is 19.7 Å². The molecule has 0 aromatic carbocycles. The molecular formula is C14H24N4O. The first-order valence-corrected chi connectivity index (χ1v) is 7.07. The van der Waals surface area contributed by atoms with Gasteiger partial charge in [0.05, 0.1) is 0 Å². The number of piperazine rings is 1. The summed E-state index contributed by atoms with van der Waals surface area (Å²) in [5.41, 5.74) is 0. The van der Waals surface area contributed by atoms with Crippen LogP contribution < -0.4 is 0 Å². The highest BCUT2D eigenvalue weighted by molar-refractivity contribution is 5.78. The van der Waals surface area contributed by atoms with Gasteiger partial charge in [-0.05, 0) is 6.92 Å². The van der Waals surface area contributed by atoms with Gasteiger partial charge in [-0.15, -0.1) is 0 Å². The molecule has 1 aromatic rings. The van der Waals surface area contributed by atoms with Crippen molar-refractivity contribution in [1.29, 1.82) is 0 Å². The van der Waals surface area contributed by atoms with Crippen molar-refractivity contribution >= 4 is 5.91 Å². The molecular weight excluding hydrogens is 240 g/mol. The fourth-order valence-corrected chi connectivity index (χ4v) is 2.45. The molecule has 0 unspecified atom stereocenters. The Labute approximate surface area is 115 Å². The molecule has 1 fully saturated rings. The lowest BCUT2D eigenvalue weighted by molar-refractivity contribution is -0.136. The number of rotatable bonds is 4. The number of nitrogens with zero attached hydrogens (tertiary/aromatic N) is 4. The fraction of sp³-hybridized carbons (Fsp3) is 0.714. The molecule has 19 heavy (non-hydrogen) atoms. The van der Waals surface area contributed by atoms with E-state index in [2.05, 4.69) is 14.5 Å². The Bertz CT molecular complexity index is 419. The second-order valence-corrected chi connectivity index (χ2v) is 5.49. The van der Waals surface area contributed by atoms with E-state index in [0.29, 0.717) is 0 Å². The molecule has 0 atom stereocenters. The number of carbonyl (C=O) groups excluding carboxylic acids is 1. The van der Waals surface area contributed by atoms with Crippen molar-refractivity contribution < 1.29 is 4.79 Å². The van der Waals surface area contributed by atoms with Crippen LogP contribution in [-0.2, 0) is 11.3 Å². The molecule has 2 rings (SSSR count). The highest BCUT2D eigenvalue weighted by atomic mass is 16.2. The maximum Gasteiger partial charge on any atom is 0.225 e. The third kappa shape index (κ3) is 3.56. The van der Waals surface area contributed by atoms with Crippen molar-refractivity contribution in [3.8, 4) is 0 Å². The average molecular weight is 264 g/mol. The number of imidazole rings is 1. The second kappa shape index (κ2) is 6.19. The van der Waals surface area contributed by atoms with Crippen LogP contribution in [0.2, 0.25) is 0 Å². The van der Waals surface area contributed by atoms with Crippen LogP contribution in [0.25, 0.3) is 0 Å². The first-order chi connectivity index (χ1) is 9.08. The smallest absolute Gasteiger partial charge is 0.225 e. The van der Waals surface area contributed by atoms with Gasteiger partial charge in [-0.3, -0.25) is 9.69 Å². The van der Waals surface area contributed by atoms with Gasteiger partial charge in [0.1, 0.15) is 5.82 Å². The topological polar surface area (TPSA) is 41.4 Å². The number of hydrogen-bond acceptors (Lipinski definition) is 3. The van der Waals surface area contributed by atoms with Gasteiger partial charge in [0.2, 0.25) is 5.91 Å². The van der Waals surface area contributed by atoms with E-state index in [4.69, 9.17) is 0 Å². The summed E-state index contributed by atoms with van der Waals surface area (Å²) in [5.74, 6) is 1.46. The van der Waals surface area contributed by atoms with Crippen molar-refractivity contribution in [2.45, 2.75) is 27.3 Å². The number of hydrogen-bond donors (Lipinski definition) is 0. The van der Waals surface area contributed by atoms with Gasteiger partial charge in [-0.2, -0.15) is 0 Å². The Morgan fingerprint density at radius 3 is 2.47 bits per heavy atom. The number of aryl methyl sites for hydroxylation is 1. The van der Waals surface area contributed by atoms with E-state index < -0.39 is 0 Å². The van der Waals surface area contributed by atoms with Crippen LogP contribution in [-0.4, -0.2) is 58.0 Å². The molecule has 1 aliphatic heterocycles. The molecule has 1 saturated heterocycles. The van der Waals surface area contributed by atoms with E-state index in [1.807, 2.05) is 38.1 Å². The summed E-state index contributed by atoms with van der Waals surface area (Å²) < 4.78 is 2.17. The van der Waals surface area contributed by atoms with Gasteiger partial charge >= 0.3 is 0 Å². The Balaban J connectivity index is 1.75. The molecule has 0 saturated carbocycles. The minimum atomic E-state index is 0.111. The summed E-state index contributed by atoms with van der Waals surface area (Å²) in [6.07, 6.45) is 3.86. The quantitative estimate of drug-likeness (QED) is 0.814. The molecule has 0 N–H and O–H groups in total. The number of amides is 1. The number of carbonyl (C=O) groups is 1. The standard InChI is InChI=1S/C14H24N4O/c1-12(2)14(19)18-10-7-16(8-11-18)6-9-17-5-4-15-13(17)3/h4-5,12H,6-11H2,1-3H3. The minimum Gasteiger partial charge on any atom is -0.340 e. The zero-order valence-corrected chi connectivity index (χ0v) is 12.2. The largest absolute Gasteiger partial charge is 0.340 e. The van der Waals surface area contributed by atoms with E-state index in [-0.39, 0.29) is 11.8 Å². The van der Waals surface area contributed by atoms with Gasteiger partial charge in [0.25, 0.3) is 0 Å². The zero-order valence-electron chi connectivity index (χ0n) is 12.2. The number of aromatic nitrogens is 2. The molecule has 1 aromatic heterocycles. The van der Waals surface area contributed by atoms with Gasteiger partial charge in [-0.1, -0.05) is 13.8 Å². The first kappa shape index (κ1) is 14.1. The molecule has 0 radical (unpaired) electrons. The highest BCUT2D eigenvalue weighted by Gasteiger charge is 2.22. The Kier molecular flexibility index (Phi) is 4.58. The van der Waals surface area contributed by atoms with Crippen molar-refractivity contribution in [2.75, 3.05) is 32.7 Å². The summed E-state index contributed by atoms with van der Waals surface area (Å²) >= 11 is 0. The molecule has 5 nitrogen and oxygen atoms in total. The Morgan fingerprint density at radius 1 is 1.26 bits per heavy atom. The van der Waals surface area contributed by atoms with Gasteiger partial charge in [0.15, 0.2) is 0 Å². The van der Waals surface area contributed by atoms with E-state index >= 15 is 0 Å². The van der Waals surface area contributed by atoms with Crippen LogP contribution in [0.15, 0.2) is 12.4 Å². The normalized spacial score (nSPS) is 17.2. The van der Waals surface area contributed by atoms with Crippen molar-refractivity contribution in [3.05, 3.63) is 18.2 Å². The zero-order chi connectivity index (χ0) is 13.8. The lowest BCUT2D eigenvalue weighted by Crippen LogP contribution is -2.50. The monoisotopic (exact) mass is 264 g/mol. The molecule has 0 aliphatic carbocycles. The molecule has 0 bridgehead atoms. The van der Waals surface area contributed by atoms with Crippen molar-refractivity contribution in [2.24, 2.45) is 5.92 Å². The van der Waals surface area contributed by atoms with Crippen LogP contribution >= 0.6 is 0 Å². The lowest BCUT2D eigenvalue weighted by Gasteiger charge is -2.35. The maximum atomic E-state index is 11.9. The third-order valence-electron chi connectivity index (χ3n) is 3.76. The molecule has 106 valence electrons. The van der Waals surface area contributed by atoms with E-state index in [1.54, 1.807) is 0 Å². The van der Waals surface area contributed by atoms with Crippen LogP contribution in [0.4, 0.5) is 0 Å². The fourth-order valence-electron chi connectivity index (χ4n) is 2.45. The van der Waals surface area contributed by atoms with Crippen LogP contribution in [0.3, 0.4) is 0 Å². The minimum absolute atomic E-state index is 0.111. The first-order valence-electron chi connectivity index (χ1n) is 7.07. The van der Waals surface area contributed by atoms with Crippen LogP contribution in [0.5, 0.6) is 0 Å². The molecule has 5 heteroatoms.